The Hall–Kier alpha value is -2.60. The Bertz CT molecular complexity index is 807. The van der Waals surface area contributed by atoms with Crippen LogP contribution in [-0.2, 0) is 0 Å². The van der Waals surface area contributed by atoms with Crippen molar-refractivity contribution >= 4 is 16.7 Å². The summed E-state index contributed by atoms with van der Waals surface area (Å²) < 4.78 is 5.81. The van der Waals surface area contributed by atoms with Gasteiger partial charge in [0, 0.05) is 29.6 Å². The van der Waals surface area contributed by atoms with E-state index < -0.39 is 5.60 Å². The first-order valence-corrected chi connectivity index (χ1v) is 7.48. The van der Waals surface area contributed by atoms with E-state index in [2.05, 4.69) is 15.2 Å². The first kappa shape index (κ1) is 15.3. The van der Waals surface area contributed by atoms with Gasteiger partial charge in [0.05, 0.1) is 23.4 Å². The molecule has 2 aromatic heterocycles. The summed E-state index contributed by atoms with van der Waals surface area (Å²) in [6.07, 6.45) is 2.24. The van der Waals surface area contributed by atoms with Crippen molar-refractivity contribution in [2.45, 2.75) is 25.9 Å². The maximum absolute atomic E-state index is 9.78. The van der Waals surface area contributed by atoms with Crippen LogP contribution in [0.25, 0.3) is 22.2 Å². The predicted molar refractivity (Wildman–Crippen MR) is 90.1 cm³/mol. The van der Waals surface area contributed by atoms with Crippen molar-refractivity contribution in [1.82, 2.24) is 15.2 Å². The Balaban J connectivity index is 1.93. The number of pyridine rings is 1. The van der Waals surface area contributed by atoms with E-state index in [0.29, 0.717) is 24.6 Å². The molecule has 6 nitrogen and oxygen atoms in total. The molecule has 0 bridgehead atoms. The molecule has 6 heteroatoms. The quantitative estimate of drug-likeness (QED) is 0.673. The molecule has 0 radical (unpaired) electrons. The topological polar surface area (TPSA) is 97.1 Å². The van der Waals surface area contributed by atoms with E-state index >= 15 is 0 Å². The average molecular weight is 312 g/mol. The van der Waals surface area contributed by atoms with Gasteiger partial charge < -0.3 is 15.6 Å². The number of fused-ring (bicyclic) bond motifs is 1. The third kappa shape index (κ3) is 3.60. The Morgan fingerprint density at radius 2 is 2.09 bits per heavy atom. The molecule has 0 aliphatic heterocycles. The van der Waals surface area contributed by atoms with Crippen LogP contribution in [0, 0.1) is 0 Å². The summed E-state index contributed by atoms with van der Waals surface area (Å²) in [7, 11) is 0. The first-order valence-electron chi connectivity index (χ1n) is 7.48. The maximum Gasteiger partial charge on any atom is 0.132 e. The van der Waals surface area contributed by atoms with Gasteiger partial charge in [-0.05, 0) is 32.0 Å². The maximum atomic E-state index is 9.78. The van der Waals surface area contributed by atoms with E-state index in [-0.39, 0.29) is 0 Å². The Morgan fingerprint density at radius 3 is 2.78 bits per heavy atom. The number of nitrogen functional groups attached to an aromatic ring is 1. The van der Waals surface area contributed by atoms with Gasteiger partial charge in [-0.2, -0.15) is 5.10 Å². The van der Waals surface area contributed by atoms with Gasteiger partial charge in [0.2, 0.25) is 0 Å². The minimum Gasteiger partial charge on any atom is -0.493 e. The number of aliphatic hydroxyl groups is 1. The Kier molecular flexibility index (Phi) is 3.92. The van der Waals surface area contributed by atoms with Crippen molar-refractivity contribution in [3.63, 3.8) is 0 Å². The summed E-state index contributed by atoms with van der Waals surface area (Å²) in [4.78, 5) is 4.38. The molecular weight excluding hydrogens is 292 g/mol. The fourth-order valence-corrected chi connectivity index (χ4v) is 2.33. The lowest BCUT2D eigenvalue weighted by Crippen LogP contribution is -2.21. The average Bonchev–Trinajstić information content (AvgIpc) is 2.99. The van der Waals surface area contributed by atoms with Crippen LogP contribution < -0.4 is 10.5 Å². The largest absolute Gasteiger partial charge is 0.493 e. The molecule has 0 aliphatic carbocycles. The van der Waals surface area contributed by atoms with Gasteiger partial charge in [0.15, 0.2) is 0 Å². The van der Waals surface area contributed by atoms with E-state index in [9.17, 15) is 5.11 Å². The smallest absolute Gasteiger partial charge is 0.132 e. The van der Waals surface area contributed by atoms with E-state index in [1.807, 2.05) is 24.3 Å². The standard InChI is InChI=1S/C17H20N4O2/c1-17(2,22)6-8-23-15-10-16(18)20-14-9-11(3-4-12(14)15)13-5-7-19-21-13/h3-5,7,9-10,22H,6,8H2,1-2H3,(H2,18,20)(H,19,21). The SMILES string of the molecule is CC(C)(O)CCOc1cc(N)nc2cc(-c3ccn[nH]3)ccc12. The molecule has 0 aliphatic rings. The van der Waals surface area contributed by atoms with Crippen molar-refractivity contribution in [3.8, 4) is 17.0 Å². The number of nitrogens with two attached hydrogens (primary N) is 1. The van der Waals surface area contributed by atoms with Crippen LogP contribution in [0.4, 0.5) is 5.82 Å². The molecule has 3 aromatic rings. The van der Waals surface area contributed by atoms with Crippen molar-refractivity contribution in [2.75, 3.05) is 12.3 Å². The van der Waals surface area contributed by atoms with Crippen LogP contribution in [0.3, 0.4) is 0 Å². The molecule has 0 saturated heterocycles. The van der Waals surface area contributed by atoms with E-state index in [0.717, 1.165) is 22.2 Å². The number of aromatic amines is 1. The molecule has 0 saturated carbocycles. The first-order chi connectivity index (χ1) is 10.9. The summed E-state index contributed by atoms with van der Waals surface area (Å²) in [5, 5.41) is 17.6. The highest BCUT2D eigenvalue weighted by atomic mass is 16.5. The lowest BCUT2D eigenvalue weighted by molar-refractivity contribution is 0.0555. The van der Waals surface area contributed by atoms with Gasteiger partial charge in [0.1, 0.15) is 11.6 Å². The number of nitrogens with zero attached hydrogens (tertiary/aromatic N) is 2. The van der Waals surface area contributed by atoms with Gasteiger partial charge in [-0.15, -0.1) is 0 Å². The highest BCUT2D eigenvalue weighted by Gasteiger charge is 2.13. The predicted octanol–water partition coefficient (Wildman–Crippen LogP) is 2.75. The molecule has 0 fully saturated rings. The summed E-state index contributed by atoms with van der Waals surface area (Å²) in [5.74, 6) is 1.07. The van der Waals surface area contributed by atoms with Gasteiger partial charge in [-0.1, -0.05) is 6.07 Å². The normalized spacial score (nSPS) is 11.8. The fraction of sp³-hybridized carbons (Fsp3) is 0.294. The zero-order valence-corrected chi connectivity index (χ0v) is 13.2. The molecule has 1 aromatic carbocycles. The van der Waals surface area contributed by atoms with Gasteiger partial charge in [-0.25, -0.2) is 4.98 Å². The lowest BCUT2D eigenvalue weighted by atomic mass is 10.1. The van der Waals surface area contributed by atoms with E-state index in [1.165, 1.54) is 0 Å². The number of nitrogens with one attached hydrogen (secondary N) is 1. The van der Waals surface area contributed by atoms with Gasteiger partial charge in [-0.3, -0.25) is 5.10 Å². The minimum atomic E-state index is -0.762. The second kappa shape index (κ2) is 5.89. The van der Waals surface area contributed by atoms with Crippen molar-refractivity contribution in [2.24, 2.45) is 0 Å². The van der Waals surface area contributed by atoms with E-state index in [1.54, 1.807) is 26.1 Å². The molecule has 120 valence electrons. The van der Waals surface area contributed by atoms with Crippen LogP contribution in [0.1, 0.15) is 20.3 Å². The number of anilines is 1. The number of hydrogen-bond donors (Lipinski definition) is 3. The number of H-pyrrole nitrogens is 1. The highest BCUT2D eigenvalue weighted by Crippen LogP contribution is 2.30. The summed E-state index contributed by atoms with van der Waals surface area (Å²) >= 11 is 0. The van der Waals surface area contributed by atoms with Crippen LogP contribution in [0.2, 0.25) is 0 Å². The number of ether oxygens (including phenoxy) is 1. The van der Waals surface area contributed by atoms with Crippen molar-refractivity contribution in [3.05, 3.63) is 36.5 Å². The van der Waals surface area contributed by atoms with Crippen LogP contribution in [0.15, 0.2) is 36.5 Å². The fourth-order valence-electron chi connectivity index (χ4n) is 2.33. The summed E-state index contributed by atoms with van der Waals surface area (Å²) in [6.45, 7) is 3.92. The van der Waals surface area contributed by atoms with Crippen molar-refractivity contribution < 1.29 is 9.84 Å². The molecule has 0 atom stereocenters. The summed E-state index contributed by atoms with van der Waals surface area (Å²) in [5.41, 5.74) is 7.79. The molecule has 0 spiro atoms. The van der Waals surface area contributed by atoms with E-state index in [4.69, 9.17) is 10.5 Å². The van der Waals surface area contributed by atoms with Gasteiger partial charge >= 0.3 is 0 Å². The molecular formula is C17H20N4O2. The molecule has 0 amide bonds. The molecule has 23 heavy (non-hydrogen) atoms. The molecule has 2 heterocycles. The van der Waals surface area contributed by atoms with Gasteiger partial charge in [0.25, 0.3) is 0 Å². The summed E-state index contributed by atoms with van der Waals surface area (Å²) in [6, 6.07) is 9.49. The Labute approximate surface area is 134 Å². The third-order valence-corrected chi connectivity index (χ3v) is 3.57. The highest BCUT2D eigenvalue weighted by molar-refractivity contribution is 5.89. The molecule has 0 unspecified atom stereocenters. The minimum absolute atomic E-state index is 0.400. The molecule has 3 rings (SSSR count). The van der Waals surface area contributed by atoms with Crippen molar-refractivity contribution in [1.29, 1.82) is 0 Å². The monoisotopic (exact) mass is 312 g/mol. The zero-order chi connectivity index (χ0) is 16.4. The van der Waals surface area contributed by atoms with Crippen LogP contribution in [0.5, 0.6) is 5.75 Å². The third-order valence-electron chi connectivity index (χ3n) is 3.57. The number of aromatic nitrogens is 3. The van der Waals surface area contributed by atoms with Crippen LogP contribution >= 0.6 is 0 Å². The lowest BCUT2D eigenvalue weighted by Gasteiger charge is -2.18. The zero-order valence-electron chi connectivity index (χ0n) is 13.2. The second-order valence-corrected chi connectivity index (χ2v) is 6.16. The number of hydrogen-bond acceptors (Lipinski definition) is 5. The molecule has 4 N–H and O–H groups in total. The number of rotatable bonds is 5. The number of benzene rings is 1. The van der Waals surface area contributed by atoms with Crippen LogP contribution in [-0.4, -0.2) is 32.5 Å². The Morgan fingerprint density at radius 1 is 1.26 bits per heavy atom. The second-order valence-electron chi connectivity index (χ2n) is 6.16.